The minimum atomic E-state index is -0.729. The van der Waals surface area contributed by atoms with Crippen LogP contribution in [0.4, 0.5) is 13.2 Å². The second-order valence-corrected chi connectivity index (χ2v) is 7.67. The van der Waals surface area contributed by atoms with Gasteiger partial charge in [0.05, 0.1) is 12.1 Å². The van der Waals surface area contributed by atoms with Gasteiger partial charge in [0.1, 0.15) is 23.3 Å². The molecule has 0 unspecified atom stereocenters. The van der Waals surface area contributed by atoms with Crippen LogP contribution >= 0.6 is 0 Å². The lowest BCUT2D eigenvalue weighted by Crippen LogP contribution is -2.40. The van der Waals surface area contributed by atoms with Crippen LogP contribution in [0.2, 0.25) is 0 Å². The predicted octanol–water partition coefficient (Wildman–Crippen LogP) is 3.00. The SMILES string of the molecule is O=C(Cc1ccc(F)cc1F)N1CCC(Cc2n[nH]c(=O)n2-c2ccccc2F)CC1. The van der Waals surface area contributed by atoms with E-state index in [0.29, 0.717) is 38.2 Å². The van der Waals surface area contributed by atoms with Crippen molar-refractivity contribution in [3.63, 3.8) is 0 Å². The Kier molecular flexibility index (Phi) is 5.92. The fourth-order valence-corrected chi connectivity index (χ4v) is 3.93. The molecule has 2 aromatic carbocycles. The van der Waals surface area contributed by atoms with Gasteiger partial charge in [0, 0.05) is 25.6 Å². The molecule has 6 nitrogen and oxygen atoms in total. The zero-order valence-corrected chi connectivity index (χ0v) is 16.7. The second kappa shape index (κ2) is 8.79. The highest BCUT2D eigenvalue weighted by atomic mass is 19.1. The van der Waals surface area contributed by atoms with Crippen LogP contribution in [0.15, 0.2) is 47.3 Å². The van der Waals surface area contributed by atoms with Crippen LogP contribution in [0.3, 0.4) is 0 Å². The van der Waals surface area contributed by atoms with Crippen LogP contribution in [0, 0.1) is 23.4 Å². The molecule has 1 N–H and O–H groups in total. The molecule has 2 heterocycles. The largest absolute Gasteiger partial charge is 0.348 e. The number of aromatic amines is 1. The first kappa shape index (κ1) is 20.9. The fraction of sp³-hybridized carbons (Fsp3) is 0.318. The number of likely N-dealkylation sites (tertiary alicyclic amines) is 1. The van der Waals surface area contributed by atoms with Gasteiger partial charge in [-0.3, -0.25) is 4.79 Å². The third kappa shape index (κ3) is 4.55. The number of para-hydroxylation sites is 1. The molecule has 0 spiro atoms. The van der Waals surface area contributed by atoms with Crippen molar-refractivity contribution in [2.75, 3.05) is 13.1 Å². The van der Waals surface area contributed by atoms with Crippen molar-refractivity contribution in [3.8, 4) is 5.69 Å². The zero-order chi connectivity index (χ0) is 22.0. The lowest BCUT2D eigenvalue weighted by Gasteiger charge is -2.32. The normalized spacial score (nSPS) is 14.7. The highest BCUT2D eigenvalue weighted by Crippen LogP contribution is 2.23. The van der Waals surface area contributed by atoms with Crippen molar-refractivity contribution in [3.05, 3.63) is 81.8 Å². The van der Waals surface area contributed by atoms with E-state index < -0.39 is 23.1 Å². The van der Waals surface area contributed by atoms with E-state index in [1.165, 1.54) is 22.8 Å². The molecule has 9 heteroatoms. The molecule has 1 aliphatic heterocycles. The Morgan fingerprint density at radius 2 is 1.81 bits per heavy atom. The molecule has 0 atom stereocenters. The number of hydrogen-bond donors (Lipinski definition) is 1. The number of hydrogen-bond acceptors (Lipinski definition) is 3. The predicted molar refractivity (Wildman–Crippen MR) is 107 cm³/mol. The summed E-state index contributed by atoms with van der Waals surface area (Å²) in [6, 6.07) is 9.20. The van der Waals surface area contributed by atoms with Gasteiger partial charge in [-0.05, 0) is 42.5 Å². The van der Waals surface area contributed by atoms with Gasteiger partial charge in [-0.25, -0.2) is 27.6 Å². The van der Waals surface area contributed by atoms with Gasteiger partial charge in [0.15, 0.2) is 0 Å². The summed E-state index contributed by atoms with van der Waals surface area (Å²) in [4.78, 5) is 26.3. The summed E-state index contributed by atoms with van der Waals surface area (Å²) in [6.45, 7) is 0.974. The standard InChI is InChI=1S/C22H21F3N4O2/c23-16-6-5-15(18(25)13-16)12-21(30)28-9-7-14(8-10-28)11-20-26-27-22(31)29(20)19-4-2-1-3-17(19)24/h1-6,13-14H,7-12H2,(H,27,31). The van der Waals surface area contributed by atoms with E-state index in [1.54, 1.807) is 17.0 Å². The highest BCUT2D eigenvalue weighted by molar-refractivity contribution is 5.78. The number of nitrogens with zero attached hydrogens (tertiary/aromatic N) is 3. The molecular formula is C22H21F3N4O2. The molecular weight excluding hydrogens is 409 g/mol. The number of rotatable bonds is 5. The van der Waals surface area contributed by atoms with Crippen molar-refractivity contribution < 1.29 is 18.0 Å². The Labute approximate surface area is 176 Å². The third-order valence-electron chi connectivity index (χ3n) is 5.63. The lowest BCUT2D eigenvalue weighted by atomic mass is 9.92. The summed E-state index contributed by atoms with van der Waals surface area (Å²) in [5.74, 6) is -1.54. The number of aromatic nitrogens is 3. The minimum absolute atomic E-state index is 0.122. The third-order valence-corrected chi connectivity index (χ3v) is 5.63. The summed E-state index contributed by atoms with van der Waals surface area (Å²) in [5, 5.41) is 6.44. The maximum Gasteiger partial charge on any atom is 0.348 e. The van der Waals surface area contributed by atoms with Crippen molar-refractivity contribution in [1.82, 2.24) is 19.7 Å². The molecule has 162 valence electrons. The van der Waals surface area contributed by atoms with Gasteiger partial charge in [-0.2, -0.15) is 5.10 Å². The van der Waals surface area contributed by atoms with Crippen molar-refractivity contribution in [2.45, 2.75) is 25.7 Å². The van der Waals surface area contributed by atoms with Crippen LogP contribution < -0.4 is 5.69 Å². The molecule has 0 bridgehead atoms. The minimum Gasteiger partial charge on any atom is -0.342 e. The lowest BCUT2D eigenvalue weighted by molar-refractivity contribution is -0.131. The maximum atomic E-state index is 14.2. The quantitative estimate of drug-likeness (QED) is 0.677. The summed E-state index contributed by atoms with van der Waals surface area (Å²) >= 11 is 0. The molecule has 4 rings (SSSR count). The molecule has 0 radical (unpaired) electrons. The van der Waals surface area contributed by atoms with E-state index in [1.807, 2.05) is 0 Å². The average molecular weight is 430 g/mol. The Balaban J connectivity index is 1.39. The Hall–Kier alpha value is -3.36. The van der Waals surface area contributed by atoms with Crippen LogP contribution in [0.25, 0.3) is 5.69 Å². The number of piperidine rings is 1. The van der Waals surface area contributed by atoms with Gasteiger partial charge >= 0.3 is 5.69 Å². The van der Waals surface area contributed by atoms with E-state index in [-0.39, 0.29) is 29.5 Å². The van der Waals surface area contributed by atoms with E-state index in [9.17, 15) is 22.8 Å². The summed E-state index contributed by atoms with van der Waals surface area (Å²) in [6.07, 6.45) is 1.69. The number of H-pyrrole nitrogens is 1. The average Bonchev–Trinajstić information content (AvgIpc) is 3.11. The van der Waals surface area contributed by atoms with Crippen molar-refractivity contribution in [2.24, 2.45) is 5.92 Å². The van der Waals surface area contributed by atoms with Gasteiger partial charge in [0.25, 0.3) is 0 Å². The fourth-order valence-electron chi connectivity index (χ4n) is 3.93. The molecule has 31 heavy (non-hydrogen) atoms. The molecule has 0 saturated carbocycles. The Morgan fingerprint density at radius 1 is 1.06 bits per heavy atom. The van der Waals surface area contributed by atoms with Gasteiger partial charge in [0.2, 0.25) is 5.91 Å². The number of carbonyl (C=O) groups is 1. The van der Waals surface area contributed by atoms with Gasteiger partial charge < -0.3 is 4.90 Å². The Bertz CT molecular complexity index is 1150. The van der Waals surface area contributed by atoms with Crippen LogP contribution in [-0.2, 0) is 17.6 Å². The highest BCUT2D eigenvalue weighted by Gasteiger charge is 2.26. The molecule has 1 fully saturated rings. The molecule has 1 amide bonds. The molecule has 0 aliphatic carbocycles. The van der Waals surface area contributed by atoms with E-state index in [0.717, 1.165) is 12.1 Å². The first-order chi connectivity index (χ1) is 14.9. The summed E-state index contributed by atoms with van der Waals surface area (Å²) < 4.78 is 42.3. The summed E-state index contributed by atoms with van der Waals surface area (Å²) in [5.41, 5.74) is -0.196. The van der Waals surface area contributed by atoms with Crippen LogP contribution in [0.1, 0.15) is 24.2 Å². The topological polar surface area (TPSA) is 71.0 Å². The molecule has 1 aromatic heterocycles. The summed E-state index contributed by atoms with van der Waals surface area (Å²) in [7, 11) is 0. The smallest absolute Gasteiger partial charge is 0.342 e. The van der Waals surface area contributed by atoms with E-state index in [2.05, 4.69) is 10.2 Å². The molecule has 1 saturated heterocycles. The maximum absolute atomic E-state index is 14.2. The number of benzene rings is 2. The Morgan fingerprint density at radius 3 is 2.52 bits per heavy atom. The first-order valence-corrected chi connectivity index (χ1v) is 10.1. The van der Waals surface area contributed by atoms with Gasteiger partial charge in [-0.15, -0.1) is 0 Å². The van der Waals surface area contributed by atoms with Gasteiger partial charge in [-0.1, -0.05) is 18.2 Å². The van der Waals surface area contributed by atoms with Crippen LogP contribution in [0.5, 0.6) is 0 Å². The number of amides is 1. The second-order valence-electron chi connectivity index (χ2n) is 7.67. The molecule has 3 aromatic rings. The van der Waals surface area contributed by atoms with Crippen molar-refractivity contribution in [1.29, 1.82) is 0 Å². The monoisotopic (exact) mass is 430 g/mol. The zero-order valence-electron chi connectivity index (χ0n) is 16.7. The van der Waals surface area contributed by atoms with Crippen molar-refractivity contribution >= 4 is 5.91 Å². The number of carbonyl (C=O) groups excluding carboxylic acids is 1. The van der Waals surface area contributed by atoms with E-state index >= 15 is 0 Å². The van der Waals surface area contributed by atoms with E-state index in [4.69, 9.17) is 0 Å². The number of nitrogens with one attached hydrogen (secondary N) is 1. The first-order valence-electron chi connectivity index (χ1n) is 10.1. The molecule has 1 aliphatic rings. The number of halogens is 3. The van der Waals surface area contributed by atoms with Crippen LogP contribution in [-0.4, -0.2) is 38.7 Å².